The van der Waals surface area contributed by atoms with Crippen molar-refractivity contribution in [1.82, 2.24) is 15.5 Å². The monoisotopic (exact) mass is 296 g/mol. The van der Waals surface area contributed by atoms with Crippen molar-refractivity contribution in [2.75, 3.05) is 39.4 Å². The average molecular weight is 296 g/mol. The number of likely N-dealkylation sites (tertiary alicyclic amines) is 1. The van der Waals surface area contributed by atoms with Crippen molar-refractivity contribution in [2.45, 2.75) is 46.2 Å². The van der Waals surface area contributed by atoms with Crippen LogP contribution in [0, 0.1) is 11.8 Å². The Hall–Kier alpha value is -0.810. The van der Waals surface area contributed by atoms with Gasteiger partial charge in [-0.05, 0) is 33.1 Å². The van der Waals surface area contributed by atoms with Gasteiger partial charge in [-0.25, -0.2) is 0 Å². The maximum atomic E-state index is 5.42. The van der Waals surface area contributed by atoms with E-state index in [1.54, 1.807) is 0 Å². The molecule has 21 heavy (non-hydrogen) atoms. The topological polar surface area (TPSA) is 48.9 Å². The summed E-state index contributed by atoms with van der Waals surface area (Å²) in [6, 6.07) is 1.11. The fourth-order valence-corrected chi connectivity index (χ4v) is 3.06. The zero-order valence-corrected chi connectivity index (χ0v) is 14.1. The van der Waals surface area contributed by atoms with E-state index in [2.05, 4.69) is 43.2 Å². The van der Waals surface area contributed by atoms with Crippen LogP contribution in [0.5, 0.6) is 0 Å². The summed E-state index contributed by atoms with van der Waals surface area (Å²) in [7, 11) is 0. The first-order valence-electron chi connectivity index (χ1n) is 8.46. The van der Waals surface area contributed by atoms with E-state index in [1.807, 2.05) is 0 Å². The number of hydrogen-bond acceptors (Lipinski definition) is 3. The smallest absolute Gasteiger partial charge is 0.191 e. The average Bonchev–Trinajstić information content (AvgIpc) is 3.07. The van der Waals surface area contributed by atoms with Crippen molar-refractivity contribution in [3.8, 4) is 0 Å². The minimum absolute atomic E-state index is 0.491. The minimum Gasteiger partial charge on any atom is -0.381 e. The molecule has 0 aromatic carbocycles. The normalized spacial score (nSPS) is 31.1. The molecule has 2 rings (SSSR count). The van der Waals surface area contributed by atoms with Gasteiger partial charge in [-0.3, -0.25) is 9.89 Å². The van der Waals surface area contributed by atoms with E-state index in [4.69, 9.17) is 9.73 Å². The molecule has 122 valence electrons. The number of nitrogens with zero attached hydrogens (tertiary/aromatic N) is 2. The molecular weight excluding hydrogens is 264 g/mol. The largest absolute Gasteiger partial charge is 0.381 e. The third-order valence-electron chi connectivity index (χ3n) is 4.57. The van der Waals surface area contributed by atoms with Gasteiger partial charge in [0, 0.05) is 50.8 Å². The van der Waals surface area contributed by atoms with Gasteiger partial charge in [0.2, 0.25) is 0 Å². The van der Waals surface area contributed by atoms with Gasteiger partial charge in [-0.1, -0.05) is 6.92 Å². The van der Waals surface area contributed by atoms with Gasteiger partial charge in [0.1, 0.15) is 0 Å². The fraction of sp³-hybridized carbons (Fsp3) is 0.938. The van der Waals surface area contributed by atoms with E-state index in [0.29, 0.717) is 23.9 Å². The van der Waals surface area contributed by atoms with Crippen LogP contribution in [0.3, 0.4) is 0 Å². The lowest BCUT2D eigenvalue weighted by atomic mass is 10.1. The summed E-state index contributed by atoms with van der Waals surface area (Å²) in [5.74, 6) is 2.21. The number of ether oxygens (including phenoxy) is 1. The zero-order chi connectivity index (χ0) is 15.2. The molecule has 5 nitrogen and oxygen atoms in total. The summed E-state index contributed by atoms with van der Waals surface area (Å²) in [6.45, 7) is 14.8. The molecule has 0 aliphatic carbocycles. The van der Waals surface area contributed by atoms with E-state index in [-0.39, 0.29) is 0 Å². The number of aliphatic imine (C=N–C) groups is 1. The summed E-state index contributed by atoms with van der Waals surface area (Å²) in [6.07, 6.45) is 1.14. The van der Waals surface area contributed by atoms with Crippen molar-refractivity contribution >= 4 is 5.96 Å². The van der Waals surface area contributed by atoms with Crippen molar-refractivity contribution < 1.29 is 4.74 Å². The third kappa shape index (κ3) is 4.85. The Morgan fingerprint density at radius 1 is 1.38 bits per heavy atom. The van der Waals surface area contributed by atoms with Gasteiger partial charge in [0.05, 0.1) is 6.61 Å². The highest BCUT2D eigenvalue weighted by atomic mass is 16.5. The maximum Gasteiger partial charge on any atom is 0.191 e. The molecule has 2 saturated heterocycles. The van der Waals surface area contributed by atoms with E-state index < -0.39 is 0 Å². The molecule has 0 aromatic rings. The molecule has 3 unspecified atom stereocenters. The highest BCUT2D eigenvalue weighted by Gasteiger charge is 2.31. The Kier molecular flexibility index (Phi) is 6.30. The number of hydrogen-bond donors (Lipinski definition) is 2. The molecule has 0 aromatic heterocycles. The van der Waals surface area contributed by atoms with Gasteiger partial charge < -0.3 is 15.4 Å². The van der Waals surface area contributed by atoms with Gasteiger partial charge in [0.25, 0.3) is 0 Å². The molecule has 0 radical (unpaired) electrons. The number of rotatable bonds is 5. The molecule has 0 amide bonds. The number of guanidine groups is 1. The van der Waals surface area contributed by atoms with E-state index in [1.165, 1.54) is 6.54 Å². The first kappa shape index (κ1) is 16.6. The lowest BCUT2D eigenvalue weighted by molar-refractivity contribution is 0.187. The molecule has 3 atom stereocenters. The molecule has 2 aliphatic heterocycles. The van der Waals surface area contributed by atoms with Crippen LogP contribution in [0.2, 0.25) is 0 Å². The highest BCUT2D eigenvalue weighted by Crippen LogP contribution is 2.18. The van der Waals surface area contributed by atoms with Crippen LogP contribution in [-0.4, -0.2) is 62.3 Å². The zero-order valence-electron chi connectivity index (χ0n) is 14.1. The van der Waals surface area contributed by atoms with Crippen molar-refractivity contribution in [3.63, 3.8) is 0 Å². The van der Waals surface area contributed by atoms with Gasteiger partial charge >= 0.3 is 0 Å². The van der Waals surface area contributed by atoms with Crippen molar-refractivity contribution in [1.29, 1.82) is 0 Å². The van der Waals surface area contributed by atoms with Crippen LogP contribution in [0.15, 0.2) is 4.99 Å². The molecule has 5 heteroatoms. The van der Waals surface area contributed by atoms with E-state index in [9.17, 15) is 0 Å². The van der Waals surface area contributed by atoms with Crippen LogP contribution in [0.4, 0.5) is 0 Å². The Bertz CT molecular complexity index is 339. The summed E-state index contributed by atoms with van der Waals surface area (Å²) >= 11 is 0. The van der Waals surface area contributed by atoms with Crippen molar-refractivity contribution in [2.24, 2.45) is 16.8 Å². The van der Waals surface area contributed by atoms with E-state index >= 15 is 0 Å². The number of nitrogens with one attached hydrogen (secondary N) is 2. The molecule has 0 bridgehead atoms. The standard InChI is InChI=1S/C16H32N4O/c1-5-17-16(18-8-14-6-7-21-11-14)19-15-10-20(12(2)3)9-13(15)4/h12-15H,5-11H2,1-4H3,(H2,17,18,19). The predicted octanol–water partition coefficient (Wildman–Crippen LogP) is 1.31. The maximum absolute atomic E-state index is 5.42. The second kappa shape index (κ2) is 7.99. The first-order valence-corrected chi connectivity index (χ1v) is 8.46. The summed E-state index contributed by atoms with van der Waals surface area (Å²) in [5, 5.41) is 7.01. The lowest BCUT2D eigenvalue weighted by Gasteiger charge is -2.22. The van der Waals surface area contributed by atoms with Crippen LogP contribution in [0.25, 0.3) is 0 Å². The van der Waals surface area contributed by atoms with Gasteiger partial charge in [-0.2, -0.15) is 0 Å². The Balaban J connectivity index is 1.87. The lowest BCUT2D eigenvalue weighted by Crippen LogP contribution is -2.47. The SMILES string of the molecule is CCNC(=NCC1CCOC1)NC1CN(C(C)C)CC1C. The second-order valence-corrected chi connectivity index (χ2v) is 6.73. The fourth-order valence-electron chi connectivity index (χ4n) is 3.06. The van der Waals surface area contributed by atoms with Crippen LogP contribution in [0.1, 0.15) is 34.1 Å². The minimum atomic E-state index is 0.491. The predicted molar refractivity (Wildman–Crippen MR) is 87.7 cm³/mol. The summed E-state index contributed by atoms with van der Waals surface area (Å²) in [5.41, 5.74) is 0. The molecule has 2 N–H and O–H groups in total. The highest BCUT2D eigenvalue weighted by molar-refractivity contribution is 5.80. The Labute approximate surface area is 129 Å². The third-order valence-corrected chi connectivity index (χ3v) is 4.57. The van der Waals surface area contributed by atoms with Gasteiger partial charge in [-0.15, -0.1) is 0 Å². The summed E-state index contributed by atoms with van der Waals surface area (Å²) < 4.78 is 5.42. The quantitative estimate of drug-likeness (QED) is 0.593. The first-order chi connectivity index (χ1) is 10.1. The molecule has 2 fully saturated rings. The summed E-state index contributed by atoms with van der Waals surface area (Å²) in [4.78, 5) is 7.30. The molecule has 0 saturated carbocycles. The van der Waals surface area contributed by atoms with Crippen molar-refractivity contribution in [3.05, 3.63) is 0 Å². The van der Waals surface area contributed by atoms with Gasteiger partial charge in [0.15, 0.2) is 5.96 Å². The van der Waals surface area contributed by atoms with E-state index in [0.717, 1.165) is 45.2 Å². The molecular formula is C16H32N4O. The van der Waals surface area contributed by atoms with Crippen LogP contribution < -0.4 is 10.6 Å². The second-order valence-electron chi connectivity index (χ2n) is 6.73. The Morgan fingerprint density at radius 2 is 2.19 bits per heavy atom. The molecule has 2 heterocycles. The van der Waals surface area contributed by atoms with Crippen LogP contribution in [-0.2, 0) is 4.74 Å². The molecule has 2 aliphatic rings. The molecule has 0 spiro atoms. The Morgan fingerprint density at radius 3 is 2.76 bits per heavy atom. The van der Waals surface area contributed by atoms with Crippen LogP contribution >= 0.6 is 0 Å².